The van der Waals surface area contributed by atoms with E-state index in [1.54, 1.807) is 6.92 Å². The summed E-state index contributed by atoms with van der Waals surface area (Å²) < 4.78 is 9.71. The lowest BCUT2D eigenvalue weighted by Crippen LogP contribution is -1.94. The summed E-state index contributed by atoms with van der Waals surface area (Å²) in [6.07, 6.45) is 0. The van der Waals surface area contributed by atoms with Crippen molar-refractivity contribution in [2.45, 2.75) is 26.7 Å². The van der Waals surface area contributed by atoms with Crippen LogP contribution in [0, 0.1) is 6.92 Å². The van der Waals surface area contributed by atoms with Crippen molar-refractivity contribution in [1.29, 1.82) is 0 Å². The van der Waals surface area contributed by atoms with Crippen LogP contribution in [0.25, 0.3) is 0 Å². The molecule has 4 heteroatoms. The molecule has 1 rings (SSSR count). The van der Waals surface area contributed by atoms with Gasteiger partial charge in [-0.1, -0.05) is 19.0 Å². The van der Waals surface area contributed by atoms with Crippen molar-refractivity contribution in [2.75, 3.05) is 0 Å². The van der Waals surface area contributed by atoms with Gasteiger partial charge in [0.05, 0.1) is 0 Å². The highest BCUT2D eigenvalue weighted by Crippen LogP contribution is 2.28. The minimum absolute atomic E-state index is 0.168. The van der Waals surface area contributed by atoms with E-state index in [1.807, 2.05) is 13.8 Å². The second kappa shape index (κ2) is 3.38. The van der Waals surface area contributed by atoms with Crippen LogP contribution in [0.4, 0.5) is 0 Å². The standard InChI is InChI=1S/C8H11NO3/c1-5(2)7-8(11-4-10)6(3)9-12-7/h4-5H,1-3H3. The van der Waals surface area contributed by atoms with Gasteiger partial charge in [0, 0.05) is 5.92 Å². The fourth-order valence-electron chi connectivity index (χ4n) is 0.938. The third-order valence-electron chi connectivity index (χ3n) is 1.52. The Morgan fingerprint density at radius 2 is 2.25 bits per heavy atom. The molecule has 0 bridgehead atoms. The summed E-state index contributed by atoms with van der Waals surface area (Å²) in [4.78, 5) is 10.1. The number of aromatic nitrogens is 1. The zero-order valence-electron chi connectivity index (χ0n) is 7.33. The number of carbonyl (C=O) groups is 1. The number of rotatable bonds is 3. The van der Waals surface area contributed by atoms with Gasteiger partial charge in [0.25, 0.3) is 6.47 Å². The molecule has 0 saturated heterocycles. The van der Waals surface area contributed by atoms with Crippen LogP contribution in [0.1, 0.15) is 31.2 Å². The van der Waals surface area contributed by atoms with Gasteiger partial charge in [-0.05, 0) is 6.92 Å². The lowest BCUT2D eigenvalue weighted by molar-refractivity contribution is -0.120. The largest absolute Gasteiger partial charge is 0.423 e. The molecule has 0 unspecified atom stereocenters. The van der Waals surface area contributed by atoms with Gasteiger partial charge in [-0.25, -0.2) is 0 Å². The van der Waals surface area contributed by atoms with Crippen molar-refractivity contribution >= 4 is 6.47 Å². The lowest BCUT2D eigenvalue weighted by atomic mass is 10.1. The Balaban J connectivity index is 3.03. The third-order valence-corrected chi connectivity index (χ3v) is 1.52. The van der Waals surface area contributed by atoms with Crippen molar-refractivity contribution < 1.29 is 14.1 Å². The molecule has 1 aromatic heterocycles. The van der Waals surface area contributed by atoms with Gasteiger partial charge in [-0.15, -0.1) is 0 Å². The minimum Gasteiger partial charge on any atom is -0.423 e. The summed E-state index contributed by atoms with van der Waals surface area (Å²) in [5.41, 5.74) is 0.603. The maximum atomic E-state index is 10.1. The second-order valence-electron chi connectivity index (χ2n) is 2.83. The zero-order valence-corrected chi connectivity index (χ0v) is 7.33. The highest BCUT2D eigenvalue weighted by Gasteiger charge is 2.17. The van der Waals surface area contributed by atoms with E-state index in [0.717, 1.165) is 0 Å². The molecule has 0 spiro atoms. The van der Waals surface area contributed by atoms with Crippen LogP contribution < -0.4 is 4.74 Å². The van der Waals surface area contributed by atoms with Crippen molar-refractivity contribution in [1.82, 2.24) is 5.16 Å². The molecule has 0 atom stereocenters. The fraction of sp³-hybridized carbons (Fsp3) is 0.500. The molecule has 1 aromatic rings. The van der Waals surface area contributed by atoms with Crippen molar-refractivity contribution in [2.24, 2.45) is 0 Å². The van der Waals surface area contributed by atoms with Crippen LogP contribution in [-0.2, 0) is 4.79 Å². The second-order valence-corrected chi connectivity index (χ2v) is 2.83. The van der Waals surface area contributed by atoms with E-state index in [9.17, 15) is 4.79 Å². The predicted molar refractivity (Wildman–Crippen MR) is 42.0 cm³/mol. The molecule has 4 nitrogen and oxygen atoms in total. The Kier molecular flexibility index (Phi) is 2.47. The molecule has 0 saturated carbocycles. The molecule has 0 amide bonds. The van der Waals surface area contributed by atoms with Gasteiger partial charge in [-0.2, -0.15) is 0 Å². The van der Waals surface area contributed by atoms with E-state index < -0.39 is 0 Å². The van der Waals surface area contributed by atoms with E-state index in [-0.39, 0.29) is 5.92 Å². The number of nitrogens with zero attached hydrogens (tertiary/aromatic N) is 1. The molecule has 0 aliphatic carbocycles. The van der Waals surface area contributed by atoms with Crippen LogP contribution in [-0.4, -0.2) is 11.6 Å². The van der Waals surface area contributed by atoms with Crippen LogP contribution in [0.5, 0.6) is 5.75 Å². The first-order valence-corrected chi connectivity index (χ1v) is 3.73. The average molecular weight is 169 g/mol. The SMILES string of the molecule is Cc1noc(C(C)C)c1OC=O. The average Bonchev–Trinajstić information content (AvgIpc) is 2.34. The number of ether oxygens (including phenoxy) is 1. The smallest absolute Gasteiger partial charge is 0.298 e. The quantitative estimate of drug-likeness (QED) is 0.645. The maximum Gasteiger partial charge on any atom is 0.298 e. The summed E-state index contributed by atoms with van der Waals surface area (Å²) >= 11 is 0. The fourth-order valence-corrected chi connectivity index (χ4v) is 0.938. The van der Waals surface area contributed by atoms with Crippen LogP contribution in [0.15, 0.2) is 4.52 Å². The highest BCUT2D eigenvalue weighted by atomic mass is 16.5. The van der Waals surface area contributed by atoms with E-state index in [0.29, 0.717) is 23.7 Å². The van der Waals surface area contributed by atoms with Crippen LogP contribution >= 0.6 is 0 Å². The molecular weight excluding hydrogens is 158 g/mol. The molecule has 0 fully saturated rings. The van der Waals surface area contributed by atoms with Gasteiger partial charge < -0.3 is 9.26 Å². The summed E-state index contributed by atoms with van der Waals surface area (Å²) in [7, 11) is 0. The van der Waals surface area contributed by atoms with Gasteiger partial charge in [0.1, 0.15) is 5.69 Å². The molecule has 0 aliphatic rings. The van der Waals surface area contributed by atoms with E-state index in [4.69, 9.17) is 9.26 Å². The Hall–Kier alpha value is -1.32. The normalized spacial score (nSPS) is 10.3. The highest BCUT2D eigenvalue weighted by molar-refractivity contribution is 5.47. The topological polar surface area (TPSA) is 52.3 Å². The first-order chi connectivity index (χ1) is 5.66. The van der Waals surface area contributed by atoms with Gasteiger partial charge in [-0.3, -0.25) is 4.79 Å². The number of aryl methyl sites for hydroxylation is 1. The summed E-state index contributed by atoms with van der Waals surface area (Å²) in [5, 5.41) is 3.70. The van der Waals surface area contributed by atoms with Gasteiger partial charge in [0.15, 0.2) is 11.5 Å². The Bertz CT molecular complexity index is 278. The molecular formula is C8H11NO3. The number of carbonyl (C=O) groups excluding carboxylic acids is 1. The Morgan fingerprint density at radius 3 is 2.75 bits per heavy atom. The van der Waals surface area contributed by atoms with E-state index >= 15 is 0 Å². The Labute approximate surface area is 70.5 Å². The van der Waals surface area contributed by atoms with E-state index in [2.05, 4.69) is 5.16 Å². The van der Waals surface area contributed by atoms with E-state index in [1.165, 1.54) is 0 Å². The predicted octanol–water partition coefficient (Wildman–Crippen LogP) is 1.64. The monoisotopic (exact) mass is 169 g/mol. The molecule has 0 radical (unpaired) electrons. The van der Waals surface area contributed by atoms with Crippen molar-refractivity contribution in [3.05, 3.63) is 11.5 Å². The third kappa shape index (κ3) is 1.47. The first kappa shape index (κ1) is 8.77. The lowest BCUT2D eigenvalue weighted by Gasteiger charge is -2.00. The summed E-state index contributed by atoms with van der Waals surface area (Å²) in [5.74, 6) is 1.22. The maximum absolute atomic E-state index is 10.1. The molecule has 66 valence electrons. The van der Waals surface area contributed by atoms with Gasteiger partial charge >= 0.3 is 0 Å². The van der Waals surface area contributed by atoms with Crippen LogP contribution in [0.3, 0.4) is 0 Å². The number of hydrogen-bond donors (Lipinski definition) is 0. The summed E-state index contributed by atoms with van der Waals surface area (Å²) in [6.45, 7) is 5.99. The van der Waals surface area contributed by atoms with Crippen molar-refractivity contribution in [3.8, 4) is 5.75 Å². The van der Waals surface area contributed by atoms with Crippen LogP contribution in [0.2, 0.25) is 0 Å². The molecule has 1 heterocycles. The first-order valence-electron chi connectivity index (χ1n) is 3.73. The van der Waals surface area contributed by atoms with Crippen molar-refractivity contribution in [3.63, 3.8) is 0 Å². The molecule has 0 aromatic carbocycles. The zero-order chi connectivity index (χ0) is 9.14. The minimum atomic E-state index is 0.168. The molecule has 0 aliphatic heterocycles. The summed E-state index contributed by atoms with van der Waals surface area (Å²) in [6, 6.07) is 0. The Morgan fingerprint density at radius 1 is 1.58 bits per heavy atom. The molecule has 12 heavy (non-hydrogen) atoms. The molecule has 0 N–H and O–H groups in total. The number of hydrogen-bond acceptors (Lipinski definition) is 4. The van der Waals surface area contributed by atoms with Gasteiger partial charge in [0.2, 0.25) is 0 Å².